The Labute approximate surface area is 65.6 Å². The summed E-state index contributed by atoms with van der Waals surface area (Å²) in [7, 11) is 1.23. The lowest BCUT2D eigenvalue weighted by atomic mass is 10.4. The number of allylic oxidation sites excluding steroid dienone is 3. The second-order valence-corrected chi connectivity index (χ2v) is 1.57. The van der Waals surface area contributed by atoms with E-state index < -0.39 is 6.16 Å². The molecule has 0 saturated heterocycles. The van der Waals surface area contributed by atoms with Crippen LogP contribution in [0.25, 0.3) is 0 Å². The maximum atomic E-state index is 10.5. The Morgan fingerprint density at radius 2 is 2.09 bits per heavy atom. The van der Waals surface area contributed by atoms with Gasteiger partial charge in [0, 0.05) is 0 Å². The van der Waals surface area contributed by atoms with Crippen LogP contribution in [0.5, 0.6) is 0 Å². The highest BCUT2D eigenvalue weighted by Crippen LogP contribution is 1.99. The van der Waals surface area contributed by atoms with Gasteiger partial charge in [0.15, 0.2) is 0 Å². The first kappa shape index (κ1) is 9.49. The molecule has 0 fully saturated rings. The summed E-state index contributed by atoms with van der Waals surface area (Å²) in [6.07, 6.45) is 3.61. The van der Waals surface area contributed by atoms with Crippen LogP contribution >= 0.6 is 0 Å². The van der Waals surface area contributed by atoms with Crippen LogP contribution in [0.3, 0.4) is 0 Å². The fraction of sp³-hybridized carbons (Fsp3) is 0.125. The van der Waals surface area contributed by atoms with Crippen LogP contribution in [-0.2, 0) is 9.47 Å². The predicted octanol–water partition coefficient (Wildman–Crippen LogP) is 2.03. The molecule has 0 aliphatic heterocycles. The predicted molar refractivity (Wildman–Crippen MR) is 42.0 cm³/mol. The summed E-state index contributed by atoms with van der Waals surface area (Å²) in [6, 6.07) is 0. The second-order valence-electron chi connectivity index (χ2n) is 1.57. The third kappa shape index (κ3) is 3.97. The quantitative estimate of drug-likeness (QED) is 0.354. The number of carbonyl (C=O) groups excluding carboxylic acids is 1. The number of ether oxygens (including phenoxy) is 2. The molecule has 3 heteroatoms. The van der Waals surface area contributed by atoms with E-state index in [1.807, 2.05) is 0 Å². The van der Waals surface area contributed by atoms with E-state index in [0.717, 1.165) is 0 Å². The van der Waals surface area contributed by atoms with Gasteiger partial charge in [0.05, 0.1) is 7.11 Å². The van der Waals surface area contributed by atoms with E-state index >= 15 is 0 Å². The molecule has 0 aliphatic rings. The maximum absolute atomic E-state index is 10.5. The minimum Gasteiger partial charge on any atom is -0.437 e. The molecule has 0 unspecified atom stereocenters. The molecule has 0 N–H and O–H groups in total. The Balaban J connectivity index is 4.08. The van der Waals surface area contributed by atoms with Crippen molar-refractivity contribution in [2.45, 2.75) is 0 Å². The first-order valence-electron chi connectivity index (χ1n) is 2.95. The van der Waals surface area contributed by atoms with E-state index in [9.17, 15) is 4.79 Å². The smallest absolute Gasteiger partial charge is 0.437 e. The molecule has 3 nitrogen and oxygen atoms in total. The lowest BCUT2D eigenvalue weighted by Crippen LogP contribution is -2.02. The molecule has 0 aromatic heterocycles. The van der Waals surface area contributed by atoms with Crippen LogP contribution < -0.4 is 0 Å². The Bertz CT molecular complexity index is 192. The fourth-order valence-electron chi connectivity index (χ4n) is 0.398. The number of rotatable bonds is 3. The molecule has 0 heterocycles. The van der Waals surface area contributed by atoms with Gasteiger partial charge in [0.25, 0.3) is 0 Å². The van der Waals surface area contributed by atoms with Gasteiger partial charge in [-0.15, -0.1) is 0 Å². The van der Waals surface area contributed by atoms with Crippen molar-refractivity contribution < 1.29 is 14.3 Å². The summed E-state index contributed by atoms with van der Waals surface area (Å²) in [6.45, 7) is 6.84. The third-order valence-corrected chi connectivity index (χ3v) is 0.851. The molecule has 0 bridgehead atoms. The zero-order chi connectivity index (χ0) is 8.69. The summed E-state index contributed by atoms with van der Waals surface area (Å²) < 4.78 is 8.84. The van der Waals surface area contributed by atoms with E-state index in [2.05, 4.69) is 22.6 Å². The second kappa shape index (κ2) is 5.29. The summed E-state index contributed by atoms with van der Waals surface area (Å²) >= 11 is 0. The van der Waals surface area contributed by atoms with Gasteiger partial charge in [0.1, 0.15) is 5.76 Å². The van der Waals surface area contributed by atoms with Crippen molar-refractivity contribution >= 4 is 6.16 Å². The SMILES string of the molecule is C=C/C=C(\C=C)OC(=O)OC. The molecule has 0 aromatic carbocycles. The van der Waals surface area contributed by atoms with Gasteiger partial charge in [-0.3, -0.25) is 0 Å². The molecule has 0 radical (unpaired) electrons. The summed E-state index contributed by atoms with van der Waals surface area (Å²) in [5.74, 6) is 0.312. The Morgan fingerprint density at radius 1 is 1.45 bits per heavy atom. The summed E-state index contributed by atoms with van der Waals surface area (Å²) in [4.78, 5) is 10.5. The normalized spacial score (nSPS) is 10.1. The van der Waals surface area contributed by atoms with Gasteiger partial charge in [-0.1, -0.05) is 19.2 Å². The zero-order valence-corrected chi connectivity index (χ0v) is 6.37. The van der Waals surface area contributed by atoms with Crippen LogP contribution in [0.4, 0.5) is 4.79 Å². The molecule has 0 aliphatic carbocycles. The highest BCUT2D eigenvalue weighted by atomic mass is 16.7. The molecule has 0 amide bonds. The van der Waals surface area contributed by atoms with Gasteiger partial charge >= 0.3 is 6.16 Å². The average Bonchev–Trinajstić information content (AvgIpc) is 2.03. The van der Waals surface area contributed by atoms with Gasteiger partial charge in [-0.25, -0.2) is 4.79 Å². The van der Waals surface area contributed by atoms with Crippen molar-refractivity contribution in [2.75, 3.05) is 7.11 Å². The van der Waals surface area contributed by atoms with E-state index in [1.165, 1.54) is 25.3 Å². The molecule has 11 heavy (non-hydrogen) atoms. The molecule has 0 spiro atoms. The van der Waals surface area contributed by atoms with Crippen LogP contribution in [0.1, 0.15) is 0 Å². The van der Waals surface area contributed by atoms with Crippen molar-refractivity contribution in [2.24, 2.45) is 0 Å². The first-order valence-corrected chi connectivity index (χ1v) is 2.95. The van der Waals surface area contributed by atoms with Gasteiger partial charge in [-0.05, 0) is 12.2 Å². The van der Waals surface area contributed by atoms with E-state index in [1.54, 1.807) is 0 Å². The molecule has 0 saturated carbocycles. The van der Waals surface area contributed by atoms with Crippen molar-refractivity contribution in [3.05, 3.63) is 37.1 Å². The lowest BCUT2D eigenvalue weighted by Gasteiger charge is -2.00. The first-order chi connectivity index (χ1) is 5.24. The van der Waals surface area contributed by atoms with Crippen molar-refractivity contribution in [3.63, 3.8) is 0 Å². The number of hydrogen-bond donors (Lipinski definition) is 0. The Morgan fingerprint density at radius 3 is 2.45 bits per heavy atom. The van der Waals surface area contributed by atoms with E-state index in [0.29, 0.717) is 5.76 Å². The van der Waals surface area contributed by atoms with Crippen LogP contribution in [-0.4, -0.2) is 13.3 Å². The highest BCUT2D eigenvalue weighted by molar-refractivity contribution is 5.61. The molecule has 0 rings (SSSR count). The molecule has 0 aromatic rings. The maximum Gasteiger partial charge on any atom is 0.513 e. The molecular weight excluding hydrogens is 144 g/mol. The standard InChI is InChI=1S/C8H10O3/c1-4-6-7(5-2)11-8(9)10-3/h4-6H,1-2H2,3H3/b7-6+. The largest absolute Gasteiger partial charge is 0.513 e. The minimum atomic E-state index is -0.766. The summed E-state index contributed by atoms with van der Waals surface area (Å²) in [5, 5.41) is 0. The fourth-order valence-corrected chi connectivity index (χ4v) is 0.398. The highest BCUT2D eigenvalue weighted by Gasteiger charge is 2.00. The third-order valence-electron chi connectivity index (χ3n) is 0.851. The van der Waals surface area contributed by atoms with E-state index in [-0.39, 0.29) is 0 Å². The number of hydrogen-bond acceptors (Lipinski definition) is 3. The van der Waals surface area contributed by atoms with Gasteiger partial charge < -0.3 is 9.47 Å². The minimum absolute atomic E-state index is 0.312. The van der Waals surface area contributed by atoms with Crippen molar-refractivity contribution in [1.82, 2.24) is 0 Å². The van der Waals surface area contributed by atoms with E-state index in [4.69, 9.17) is 0 Å². The van der Waals surface area contributed by atoms with Crippen LogP contribution in [0.15, 0.2) is 37.1 Å². The Hall–Kier alpha value is -1.51. The van der Waals surface area contributed by atoms with Gasteiger partial charge in [-0.2, -0.15) is 0 Å². The molecular formula is C8H10O3. The number of carbonyl (C=O) groups is 1. The van der Waals surface area contributed by atoms with Crippen LogP contribution in [0.2, 0.25) is 0 Å². The van der Waals surface area contributed by atoms with Crippen LogP contribution in [0, 0.1) is 0 Å². The van der Waals surface area contributed by atoms with Crippen molar-refractivity contribution in [1.29, 1.82) is 0 Å². The number of methoxy groups -OCH3 is 1. The topological polar surface area (TPSA) is 35.5 Å². The zero-order valence-electron chi connectivity index (χ0n) is 6.37. The summed E-state index contributed by atoms with van der Waals surface area (Å²) in [5.41, 5.74) is 0. The molecule has 0 atom stereocenters. The lowest BCUT2D eigenvalue weighted by molar-refractivity contribution is 0.1000. The molecule has 60 valence electrons. The Kier molecular flexibility index (Phi) is 4.56. The monoisotopic (exact) mass is 154 g/mol. The van der Waals surface area contributed by atoms with Gasteiger partial charge in [0.2, 0.25) is 0 Å². The average molecular weight is 154 g/mol. The van der Waals surface area contributed by atoms with Crippen molar-refractivity contribution in [3.8, 4) is 0 Å².